The first kappa shape index (κ1) is 16.0. The molecule has 1 amide bonds. The molecule has 2 heterocycles. The van der Waals surface area contributed by atoms with Crippen LogP contribution in [-0.4, -0.2) is 35.5 Å². The second-order valence-corrected chi connectivity index (χ2v) is 7.06. The summed E-state index contributed by atoms with van der Waals surface area (Å²) in [5.41, 5.74) is -0.143. The highest BCUT2D eigenvalue weighted by atomic mass is 32.1. The SMILES string of the molecule is CCOC(=O)C1(C(C)C)CCN1C(=O)c1csc2ccccc12. The molecule has 3 rings (SSSR count). The van der Waals surface area contributed by atoms with E-state index in [1.54, 1.807) is 23.2 Å². The number of ether oxygens (including phenoxy) is 1. The molecule has 4 nitrogen and oxygen atoms in total. The molecule has 1 aliphatic heterocycles. The lowest BCUT2D eigenvalue weighted by Gasteiger charge is -2.52. The lowest BCUT2D eigenvalue weighted by molar-refractivity contribution is -0.168. The maximum atomic E-state index is 13.1. The van der Waals surface area contributed by atoms with Crippen LogP contribution in [0.5, 0.6) is 0 Å². The average molecular weight is 331 g/mol. The average Bonchev–Trinajstić information content (AvgIpc) is 2.90. The van der Waals surface area contributed by atoms with Crippen molar-refractivity contribution in [1.29, 1.82) is 0 Å². The van der Waals surface area contributed by atoms with Gasteiger partial charge in [0.1, 0.15) is 5.54 Å². The third-order valence-electron chi connectivity index (χ3n) is 4.74. The molecule has 122 valence electrons. The number of likely N-dealkylation sites (tertiary alicyclic amines) is 1. The Kier molecular flexibility index (Phi) is 4.15. The number of thiophene rings is 1. The quantitative estimate of drug-likeness (QED) is 0.803. The zero-order chi connectivity index (χ0) is 16.6. The molecule has 0 aliphatic carbocycles. The smallest absolute Gasteiger partial charge is 0.332 e. The normalized spacial score (nSPS) is 20.6. The fourth-order valence-electron chi connectivity index (χ4n) is 3.34. The minimum Gasteiger partial charge on any atom is -0.464 e. The maximum Gasteiger partial charge on any atom is 0.332 e. The zero-order valence-electron chi connectivity index (χ0n) is 13.7. The molecule has 1 fully saturated rings. The molecule has 2 aromatic rings. The molecule has 1 aliphatic rings. The van der Waals surface area contributed by atoms with Crippen LogP contribution in [0.1, 0.15) is 37.6 Å². The molecule has 0 spiro atoms. The van der Waals surface area contributed by atoms with Gasteiger partial charge in [-0.2, -0.15) is 0 Å². The van der Waals surface area contributed by atoms with Crippen LogP contribution in [0.15, 0.2) is 29.6 Å². The van der Waals surface area contributed by atoms with Gasteiger partial charge in [0.05, 0.1) is 12.2 Å². The van der Waals surface area contributed by atoms with Crippen molar-refractivity contribution in [3.63, 3.8) is 0 Å². The molecule has 1 saturated heterocycles. The van der Waals surface area contributed by atoms with Gasteiger partial charge in [-0.05, 0) is 25.3 Å². The summed E-state index contributed by atoms with van der Waals surface area (Å²) >= 11 is 1.56. The number of rotatable bonds is 4. The maximum absolute atomic E-state index is 13.1. The topological polar surface area (TPSA) is 46.6 Å². The highest BCUT2D eigenvalue weighted by molar-refractivity contribution is 7.17. The molecule has 1 unspecified atom stereocenters. The molecule has 5 heteroatoms. The molecule has 23 heavy (non-hydrogen) atoms. The Balaban J connectivity index is 1.97. The lowest BCUT2D eigenvalue weighted by Crippen LogP contribution is -2.69. The van der Waals surface area contributed by atoms with E-state index in [0.717, 1.165) is 10.1 Å². The van der Waals surface area contributed by atoms with Crippen molar-refractivity contribution in [2.24, 2.45) is 5.92 Å². The number of amides is 1. The van der Waals surface area contributed by atoms with Crippen molar-refractivity contribution in [1.82, 2.24) is 4.90 Å². The van der Waals surface area contributed by atoms with Crippen LogP contribution in [0.4, 0.5) is 0 Å². The van der Waals surface area contributed by atoms with Gasteiger partial charge in [-0.3, -0.25) is 4.79 Å². The third kappa shape index (κ3) is 2.34. The van der Waals surface area contributed by atoms with E-state index in [4.69, 9.17) is 4.74 Å². The van der Waals surface area contributed by atoms with Gasteiger partial charge in [0.25, 0.3) is 5.91 Å². The summed E-state index contributed by atoms with van der Waals surface area (Å²) in [6.07, 6.45) is 0.664. The molecule has 1 aromatic carbocycles. The molecule has 0 bridgehead atoms. The highest BCUT2D eigenvalue weighted by Gasteiger charge is 2.56. The first-order valence-electron chi connectivity index (χ1n) is 7.97. The molecule has 0 saturated carbocycles. The van der Waals surface area contributed by atoms with Gasteiger partial charge in [-0.25, -0.2) is 4.79 Å². The Hall–Kier alpha value is -1.88. The second-order valence-electron chi connectivity index (χ2n) is 6.15. The number of nitrogens with zero attached hydrogens (tertiary/aromatic N) is 1. The summed E-state index contributed by atoms with van der Waals surface area (Å²) in [5, 5.41) is 2.84. The van der Waals surface area contributed by atoms with E-state index in [-0.39, 0.29) is 17.8 Å². The summed E-state index contributed by atoms with van der Waals surface area (Å²) in [5.74, 6) is -0.339. The largest absolute Gasteiger partial charge is 0.464 e. The molecule has 1 atom stereocenters. The monoisotopic (exact) mass is 331 g/mol. The Morgan fingerprint density at radius 3 is 2.70 bits per heavy atom. The first-order chi connectivity index (χ1) is 11.0. The fourth-order valence-corrected chi connectivity index (χ4v) is 4.28. The summed E-state index contributed by atoms with van der Waals surface area (Å²) in [6.45, 7) is 6.67. The summed E-state index contributed by atoms with van der Waals surface area (Å²) in [4.78, 5) is 27.3. The third-order valence-corrected chi connectivity index (χ3v) is 5.70. The Morgan fingerprint density at radius 2 is 2.09 bits per heavy atom. The Labute approximate surface area is 140 Å². The number of benzene rings is 1. The van der Waals surface area contributed by atoms with Crippen molar-refractivity contribution >= 4 is 33.3 Å². The number of carbonyl (C=O) groups is 2. The fraction of sp³-hybridized carbons (Fsp3) is 0.444. The number of esters is 1. The standard InChI is InChI=1S/C18H21NO3S/c1-4-22-17(21)18(12(2)3)9-10-19(18)16(20)14-11-23-15-8-6-5-7-13(14)15/h5-8,11-12H,4,9-10H2,1-3H3. The molecule has 0 radical (unpaired) electrons. The van der Waals surface area contributed by atoms with E-state index < -0.39 is 5.54 Å². The van der Waals surface area contributed by atoms with Crippen LogP contribution in [0.2, 0.25) is 0 Å². The number of carbonyl (C=O) groups excluding carboxylic acids is 2. The summed E-state index contributed by atoms with van der Waals surface area (Å²) < 4.78 is 6.35. The van der Waals surface area contributed by atoms with Crippen molar-refractivity contribution in [2.75, 3.05) is 13.2 Å². The van der Waals surface area contributed by atoms with Gasteiger partial charge in [0, 0.05) is 22.0 Å². The zero-order valence-corrected chi connectivity index (χ0v) is 14.5. The van der Waals surface area contributed by atoms with Crippen molar-refractivity contribution in [3.8, 4) is 0 Å². The van der Waals surface area contributed by atoms with Crippen molar-refractivity contribution in [3.05, 3.63) is 35.2 Å². The Morgan fingerprint density at radius 1 is 1.35 bits per heavy atom. The van der Waals surface area contributed by atoms with Gasteiger partial charge in [-0.15, -0.1) is 11.3 Å². The van der Waals surface area contributed by atoms with E-state index in [2.05, 4.69) is 0 Å². The van der Waals surface area contributed by atoms with E-state index in [1.165, 1.54) is 0 Å². The van der Waals surface area contributed by atoms with Crippen molar-refractivity contribution < 1.29 is 14.3 Å². The second kappa shape index (κ2) is 5.96. The van der Waals surface area contributed by atoms with Gasteiger partial charge >= 0.3 is 5.97 Å². The Bertz CT molecular complexity index is 752. The van der Waals surface area contributed by atoms with E-state index in [9.17, 15) is 9.59 Å². The minimum absolute atomic E-state index is 0.0177. The van der Waals surface area contributed by atoms with E-state index in [0.29, 0.717) is 25.1 Å². The number of fused-ring (bicyclic) bond motifs is 1. The van der Waals surface area contributed by atoms with E-state index >= 15 is 0 Å². The number of hydrogen-bond acceptors (Lipinski definition) is 4. The highest BCUT2D eigenvalue weighted by Crippen LogP contribution is 2.41. The van der Waals surface area contributed by atoms with Crippen molar-refractivity contribution in [2.45, 2.75) is 32.7 Å². The summed E-state index contributed by atoms with van der Waals surface area (Å²) in [7, 11) is 0. The van der Waals surface area contributed by atoms with Crippen LogP contribution < -0.4 is 0 Å². The van der Waals surface area contributed by atoms with Crippen LogP contribution >= 0.6 is 11.3 Å². The predicted molar refractivity (Wildman–Crippen MR) is 91.7 cm³/mol. The van der Waals surface area contributed by atoms with Crippen LogP contribution in [-0.2, 0) is 9.53 Å². The molecular weight excluding hydrogens is 310 g/mol. The predicted octanol–water partition coefficient (Wildman–Crippen LogP) is 3.71. The van der Waals surface area contributed by atoms with Gasteiger partial charge in [0.15, 0.2) is 0 Å². The van der Waals surface area contributed by atoms with E-state index in [1.807, 2.05) is 43.5 Å². The molecular formula is C18H21NO3S. The lowest BCUT2D eigenvalue weighted by atomic mass is 9.74. The van der Waals surface area contributed by atoms with Gasteiger partial charge in [-0.1, -0.05) is 32.0 Å². The van der Waals surface area contributed by atoms with Crippen LogP contribution in [0, 0.1) is 5.92 Å². The van der Waals surface area contributed by atoms with Gasteiger partial charge in [0.2, 0.25) is 0 Å². The molecule has 1 aromatic heterocycles. The van der Waals surface area contributed by atoms with Gasteiger partial charge < -0.3 is 9.64 Å². The van der Waals surface area contributed by atoms with Crippen LogP contribution in [0.25, 0.3) is 10.1 Å². The first-order valence-corrected chi connectivity index (χ1v) is 8.85. The summed E-state index contributed by atoms with van der Waals surface area (Å²) in [6, 6.07) is 7.87. The molecule has 0 N–H and O–H groups in total. The number of hydrogen-bond donors (Lipinski definition) is 0. The van der Waals surface area contributed by atoms with Crippen LogP contribution in [0.3, 0.4) is 0 Å². The minimum atomic E-state index is -0.823.